The van der Waals surface area contributed by atoms with Crippen molar-refractivity contribution in [3.05, 3.63) is 84.1 Å². The molecule has 0 saturated heterocycles. The molecule has 7 nitrogen and oxygen atoms in total. The number of benzene rings is 3. The van der Waals surface area contributed by atoms with Gasteiger partial charge in [-0.3, -0.25) is 9.52 Å². The van der Waals surface area contributed by atoms with Gasteiger partial charge in [-0.1, -0.05) is 30.3 Å². The van der Waals surface area contributed by atoms with Gasteiger partial charge in [0.05, 0.1) is 24.9 Å². The molecule has 1 aliphatic carbocycles. The van der Waals surface area contributed by atoms with Gasteiger partial charge in [0, 0.05) is 34.1 Å². The van der Waals surface area contributed by atoms with Gasteiger partial charge in [-0.15, -0.1) is 0 Å². The minimum absolute atomic E-state index is 0.122. The number of carbonyl (C=O) groups is 1. The number of nitrogens with one attached hydrogen (secondary N) is 2. The van der Waals surface area contributed by atoms with Crippen molar-refractivity contribution in [1.82, 2.24) is 0 Å². The van der Waals surface area contributed by atoms with Gasteiger partial charge in [0.2, 0.25) is 0 Å². The number of ether oxygens (including phenoxy) is 2. The number of sulfonamides is 1. The van der Waals surface area contributed by atoms with E-state index < -0.39 is 10.0 Å². The fourth-order valence-electron chi connectivity index (χ4n) is 3.66. The number of methoxy groups -OCH3 is 2. The van der Waals surface area contributed by atoms with E-state index in [9.17, 15) is 13.2 Å². The highest BCUT2D eigenvalue weighted by Crippen LogP contribution is 2.31. The van der Waals surface area contributed by atoms with Crippen LogP contribution >= 0.6 is 0 Å². The molecule has 8 heteroatoms. The fraction of sp³-hybridized carbons (Fsp3) is 0.160. The number of fused-ring (bicyclic) bond motifs is 1. The van der Waals surface area contributed by atoms with Crippen LogP contribution in [0.3, 0.4) is 0 Å². The Balaban J connectivity index is 1.64. The van der Waals surface area contributed by atoms with Crippen molar-refractivity contribution in [2.45, 2.75) is 17.7 Å². The average molecular weight is 465 g/mol. The summed E-state index contributed by atoms with van der Waals surface area (Å²) in [7, 11) is -0.718. The molecule has 4 rings (SSSR count). The van der Waals surface area contributed by atoms with Crippen LogP contribution in [0, 0.1) is 0 Å². The molecule has 2 N–H and O–H groups in total. The normalized spacial score (nSPS) is 13.6. The van der Waals surface area contributed by atoms with Crippen molar-refractivity contribution in [1.29, 1.82) is 0 Å². The Morgan fingerprint density at radius 1 is 0.848 bits per heavy atom. The van der Waals surface area contributed by atoms with E-state index in [1.165, 1.54) is 6.07 Å². The van der Waals surface area contributed by atoms with Crippen LogP contribution in [0.15, 0.2) is 89.0 Å². The lowest BCUT2D eigenvalue weighted by molar-refractivity contribution is -0.113. The lowest BCUT2D eigenvalue weighted by atomic mass is 10.0. The standard InChI is InChI=1S/C25H24N2O5S/c1-31-19-11-7-17(8-12-19)25(28)26-23-15-16-24(22-6-4-3-5-21(22)23)33(29,30)27-18-9-13-20(32-2)14-10-18/h3-7,9-11,13-16,27H,8,12H2,1-2H3,(H,26,28). The van der Waals surface area contributed by atoms with Gasteiger partial charge >= 0.3 is 0 Å². The second-order valence-corrected chi connectivity index (χ2v) is 9.12. The highest BCUT2D eigenvalue weighted by Gasteiger charge is 2.20. The topological polar surface area (TPSA) is 93.7 Å². The first kappa shape index (κ1) is 22.4. The van der Waals surface area contributed by atoms with E-state index in [-0.39, 0.29) is 10.8 Å². The number of hydrogen-bond acceptors (Lipinski definition) is 5. The lowest BCUT2D eigenvalue weighted by Crippen LogP contribution is -2.17. The van der Waals surface area contributed by atoms with Crippen molar-refractivity contribution < 1.29 is 22.7 Å². The summed E-state index contributed by atoms with van der Waals surface area (Å²) < 4.78 is 39.2. The number of anilines is 2. The van der Waals surface area contributed by atoms with E-state index in [2.05, 4.69) is 10.0 Å². The predicted octanol–water partition coefficient (Wildman–Crippen LogP) is 4.84. The third-order valence-electron chi connectivity index (χ3n) is 5.43. The number of hydrogen-bond donors (Lipinski definition) is 2. The molecule has 0 atom stereocenters. The van der Waals surface area contributed by atoms with Gasteiger partial charge in [-0.25, -0.2) is 8.42 Å². The largest absolute Gasteiger partial charge is 0.501 e. The van der Waals surface area contributed by atoms with Gasteiger partial charge in [-0.05, 0) is 48.9 Å². The molecule has 0 radical (unpaired) electrons. The summed E-state index contributed by atoms with van der Waals surface area (Å²) in [6.45, 7) is 0. The van der Waals surface area contributed by atoms with Gasteiger partial charge in [-0.2, -0.15) is 0 Å². The summed E-state index contributed by atoms with van der Waals surface area (Å²) in [6, 6.07) is 16.8. The molecule has 0 saturated carbocycles. The minimum Gasteiger partial charge on any atom is -0.501 e. The van der Waals surface area contributed by atoms with Crippen molar-refractivity contribution in [2.75, 3.05) is 24.3 Å². The van der Waals surface area contributed by atoms with Crippen molar-refractivity contribution >= 4 is 38.1 Å². The Kier molecular flexibility index (Phi) is 6.37. The second kappa shape index (κ2) is 9.38. The Hall–Kier alpha value is -3.78. The third kappa shape index (κ3) is 4.85. The molecule has 0 aliphatic heterocycles. The highest BCUT2D eigenvalue weighted by atomic mass is 32.2. The monoisotopic (exact) mass is 464 g/mol. The second-order valence-electron chi connectivity index (χ2n) is 7.47. The number of allylic oxidation sites excluding steroid dienone is 3. The Bertz CT molecular complexity index is 1360. The summed E-state index contributed by atoms with van der Waals surface area (Å²) in [5, 5.41) is 4.06. The maximum atomic E-state index is 13.2. The summed E-state index contributed by atoms with van der Waals surface area (Å²) in [5.74, 6) is 1.24. The molecule has 0 unspecified atom stereocenters. The molecule has 3 aromatic rings. The van der Waals surface area contributed by atoms with E-state index in [4.69, 9.17) is 9.47 Å². The zero-order valence-electron chi connectivity index (χ0n) is 18.3. The Morgan fingerprint density at radius 2 is 1.58 bits per heavy atom. The van der Waals surface area contributed by atoms with Crippen LogP contribution in [0.4, 0.5) is 11.4 Å². The summed E-state index contributed by atoms with van der Waals surface area (Å²) >= 11 is 0. The summed E-state index contributed by atoms with van der Waals surface area (Å²) in [6.07, 6.45) is 4.76. The van der Waals surface area contributed by atoms with Crippen molar-refractivity contribution in [3.8, 4) is 5.75 Å². The molecule has 33 heavy (non-hydrogen) atoms. The van der Waals surface area contributed by atoms with E-state index >= 15 is 0 Å². The van der Waals surface area contributed by atoms with Crippen molar-refractivity contribution in [3.63, 3.8) is 0 Å². The minimum atomic E-state index is -3.87. The SMILES string of the molecule is COC1=CC=C(C(=O)Nc2ccc(S(=O)(=O)Nc3ccc(OC)cc3)c3ccccc23)CC1. The third-order valence-corrected chi connectivity index (χ3v) is 6.87. The maximum absolute atomic E-state index is 13.2. The number of carbonyl (C=O) groups excluding carboxylic acids is 1. The van der Waals surface area contributed by atoms with Gasteiger partial charge in [0.15, 0.2) is 0 Å². The molecular weight excluding hydrogens is 440 g/mol. The Labute approximate surface area is 192 Å². The smallest absolute Gasteiger partial charge is 0.262 e. The maximum Gasteiger partial charge on any atom is 0.262 e. The van der Waals surface area contributed by atoms with Crippen LogP contribution in [-0.2, 0) is 19.6 Å². The highest BCUT2D eigenvalue weighted by molar-refractivity contribution is 7.93. The molecule has 170 valence electrons. The molecule has 1 aliphatic rings. The summed E-state index contributed by atoms with van der Waals surface area (Å²) in [5.41, 5.74) is 1.60. The molecular formula is C25H24N2O5S. The molecule has 0 aromatic heterocycles. The first-order valence-corrected chi connectivity index (χ1v) is 11.8. The Morgan fingerprint density at radius 3 is 2.21 bits per heavy atom. The van der Waals surface area contributed by atoms with Crippen LogP contribution in [0.25, 0.3) is 10.8 Å². The van der Waals surface area contributed by atoms with E-state index in [0.717, 1.165) is 5.76 Å². The van der Waals surface area contributed by atoms with Gasteiger partial charge in [0.25, 0.3) is 15.9 Å². The zero-order valence-corrected chi connectivity index (χ0v) is 19.1. The predicted molar refractivity (Wildman–Crippen MR) is 129 cm³/mol. The molecule has 0 bridgehead atoms. The lowest BCUT2D eigenvalue weighted by Gasteiger charge is -2.16. The van der Waals surface area contributed by atoms with E-state index in [0.29, 0.717) is 46.3 Å². The average Bonchev–Trinajstić information content (AvgIpc) is 2.84. The molecule has 1 amide bonds. The fourth-order valence-corrected chi connectivity index (χ4v) is 4.93. The van der Waals surface area contributed by atoms with Gasteiger partial charge < -0.3 is 14.8 Å². The van der Waals surface area contributed by atoms with Crippen LogP contribution in [0.5, 0.6) is 5.75 Å². The van der Waals surface area contributed by atoms with Crippen LogP contribution in [0.1, 0.15) is 12.8 Å². The number of rotatable bonds is 7. The van der Waals surface area contributed by atoms with Crippen LogP contribution in [-0.4, -0.2) is 28.5 Å². The molecule has 0 heterocycles. The van der Waals surface area contributed by atoms with E-state index in [1.54, 1.807) is 81.0 Å². The first-order chi connectivity index (χ1) is 15.9. The molecule has 0 spiro atoms. The first-order valence-electron chi connectivity index (χ1n) is 10.3. The van der Waals surface area contributed by atoms with Crippen LogP contribution in [0.2, 0.25) is 0 Å². The summed E-state index contributed by atoms with van der Waals surface area (Å²) in [4.78, 5) is 12.9. The quantitative estimate of drug-likeness (QED) is 0.522. The van der Waals surface area contributed by atoms with Crippen LogP contribution < -0.4 is 14.8 Å². The number of amides is 1. The zero-order chi connectivity index (χ0) is 23.4. The molecule has 0 fully saturated rings. The van der Waals surface area contributed by atoms with Gasteiger partial charge in [0.1, 0.15) is 5.75 Å². The molecule has 3 aromatic carbocycles. The van der Waals surface area contributed by atoms with Crippen molar-refractivity contribution in [2.24, 2.45) is 0 Å². The van der Waals surface area contributed by atoms with E-state index in [1.807, 2.05) is 0 Å².